The Morgan fingerprint density at radius 3 is 0.357 bits per heavy atom. The van der Waals surface area contributed by atoms with Crippen LogP contribution in [0.3, 0.4) is 0 Å². The first-order valence-electron chi connectivity index (χ1n) is 36.3. The standard InChI is InChI=1S/C94H40N4/c1-95(2)29-17-9-25(10-18-29)89(26-11-19-30(20-12-26)96(3)4)91-81-65-53-41-33-34-38-35-39-47-55(43(35)41)67(65)83(91)73-61(47)52-60-50(39)58-46(38)54-42(34)44-36-37(33)45(53)57-49-40(36)48-56(44)68-66(54)82-70(58)72(60)86-78-63(52)75(73)87-79-77-64-51(59(49)71(69(57)81)85(77)93(87,89)91)62(48)74-76(64)88(80(78)79)94(86)90(92(82,94)84(68)74,27-13-21-31(22-14-27)97(5)6)28-15-23-32(24-16-28)98(7)8/h9-24H,1-8H3. The second-order valence-electron chi connectivity index (χ2n) is 35.3. The largest absolute Gasteiger partial charge is 0.378 e. The van der Waals surface area contributed by atoms with Gasteiger partial charge in [0.2, 0.25) is 0 Å². The topological polar surface area (TPSA) is 13.0 Å². The Bertz CT molecular complexity index is 8490. The molecule has 4 nitrogen and oxygen atoms in total. The summed E-state index contributed by atoms with van der Waals surface area (Å²) in [6.45, 7) is 0. The third kappa shape index (κ3) is 2.51. The molecule has 0 N–H and O–H groups in total. The molecule has 0 aromatic heterocycles. The lowest BCUT2D eigenvalue weighted by molar-refractivity contribution is 0.709. The van der Waals surface area contributed by atoms with Gasteiger partial charge in [-0.1, -0.05) is 48.5 Å². The first-order valence-corrected chi connectivity index (χ1v) is 36.3. The molecule has 4 unspecified atom stereocenters. The van der Waals surface area contributed by atoms with E-state index in [2.05, 4.69) is 173 Å². The van der Waals surface area contributed by atoms with Gasteiger partial charge in [0.05, 0.1) is 32.5 Å². The highest BCUT2D eigenvalue weighted by molar-refractivity contribution is 6.78. The lowest BCUT2D eigenvalue weighted by Gasteiger charge is -2.33. The summed E-state index contributed by atoms with van der Waals surface area (Å²) < 4.78 is 0. The molecule has 0 amide bonds. The molecule has 2 saturated carbocycles. The van der Waals surface area contributed by atoms with Crippen molar-refractivity contribution in [1.29, 1.82) is 0 Å². The van der Waals surface area contributed by atoms with Crippen LogP contribution in [0.5, 0.6) is 0 Å². The average Bonchev–Trinajstić information content (AvgIpc) is 1.34. The summed E-state index contributed by atoms with van der Waals surface area (Å²) >= 11 is 0. The van der Waals surface area contributed by atoms with Crippen LogP contribution in [0.2, 0.25) is 0 Å². The Balaban J connectivity index is 0.943. The van der Waals surface area contributed by atoms with E-state index in [4.69, 9.17) is 0 Å². The smallest absolute Gasteiger partial charge is 0.0528 e. The highest BCUT2D eigenvalue weighted by atomic mass is 15.1. The van der Waals surface area contributed by atoms with Gasteiger partial charge in [-0.15, -0.1) is 0 Å². The maximum Gasteiger partial charge on any atom is 0.0528 e. The highest BCUT2D eigenvalue weighted by Crippen LogP contribution is 3.01. The highest BCUT2D eigenvalue weighted by Gasteiger charge is 2.98. The monoisotopic (exact) mass is 1220 g/mol. The van der Waals surface area contributed by atoms with E-state index in [0.717, 1.165) is 0 Å². The van der Waals surface area contributed by atoms with Crippen molar-refractivity contribution in [1.82, 2.24) is 0 Å². The first-order chi connectivity index (χ1) is 48.1. The van der Waals surface area contributed by atoms with Crippen molar-refractivity contribution < 1.29 is 0 Å². The summed E-state index contributed by atoms with van der Waals surface area (Å²) in [4.78, 5) is 9.35. The van der Waals surface area contributed by atoms with Crippen molar-refractivity contribution in [2.75, 3.05) is 76.0 Å². The molecular weight excluding hydrogens is 1190 g/mol. The lowest BCUT2D eigenvalue weighted by atomic mass is 9.67. The number of nitrogens with zero attached hydrogens (tertiary/aromatic N) is 4. The van der Waals surface area contributed by atoms with Gasteiger partial charge in [-0.3, -0.25) is 0 Å². The molecule has 0 saturated heterocycles. The first kappa shape index (κ1) is 42.4. The molecule has 0 heterocycles. The molecule has 28 aromatic carbocycles. The molecule has 2 fully saturated rings. The predicted molar refractivity (Wildman–Crippen MR) is 412 cm³/mol. The second kappa shape index (κ2) is 10.3. The number of rotatable bonds is 8. The molecular formula is C94H40N4. The normalized spacial score (nSPS) is 23.8. The van der Waals surface area contributed by atoms with Gasteiger partial charge in [-0.2, -0.15) is 0 Å². The van der Waals surface area contributed by atoms with Gasteiger partial charge in [0.15, 0.2) is 0 Å². The van der Waals surface area contributed by atoms with Crippen molar-refractivity contribution in [2.24, 2.45) is 0 Å². The van der Waals surface area contributed by atoms with Gasteiger partial charge in [0.25, 0.3) is 0 Å². The molecule has 38 rings (SSSR count). The van der Waals surface area contributed by atoms with E-state index >= 15 is 0 Å². The van der Waals surface area contributed by atoms with Crippen LogP contribution in [0, 0.1) is 0 Å². The average molecular weight is 1230 g/mol. The summed E-state index contributed by atoms with van der Waals surface area (Å²) in [5.74, 6) is 0. The quantitative estimate of drug-likeness (QED) is 0.141. The maximum atomic E-state index is 2.68. The minimum atomic E-state index is -0.525. The number of hydrogen-bond donors (Lipinski definition) is 0. The molecule has 0 bridgehead atoms. The summed E-state index contributed by atoms with van der Waals surface area (Å²) in [5, 5.41) is 79.3. The molecule has 436 valence electrons. The van der Waals surface area contributed by atoms with Crippen LogP contribution in [0.15, 0.2) is 97.1 Å². The van der Waals surface area contributed by atoms with Crippen molar-refractivity contribution >= 4 is 281 Å². The van der Waals surface area contributed by atoms with E-state index in [1.807, 2.05) is 0 Å². The molecule has 10 aliphatic rings. The van der Waals surface area contributed by atoms with E-state index in [1.165, 1.54) is 45.0 Å². The van der Waals surface area contributed by atoms with Crippen molar-refractivity contribution in [3.05, 3.63) is 164 Å². The molecule has 4 heteroatoms. The molecule has 4 spiro atoms. The summed E-state index contributed by atoms with van der Waals surface area (Å²) in [5.41, 5.74) is 22.0. The molecule has 98 heavy (non-hydrogen) atoms. The van der Waals surface area contributed by atoms with E-state index in [0.29, 0.717) is 0 Å². The minimum absolute atomic E-state index is 0.464. The van der Waals surface area contributed by atoms with E-state index in [-0.39, 0.29) is 0 Å². The van der Waals surface area contributed by atoms with Gasteiger partial charge in [0.1, 0.15) is 0 Å². The van der Waals surface area contributed by atoms with E-state index in [1.54, 1.807) is 303 Å². The van der Waals surface area contributed by atoms with Crippen LogP contribution in [0.4, 0.5) is 22.7 Å². The Morgan fingerprint density at radius 1 is 0.133 bits per heavy atom. The summed E-state index contributed by atoms with van der Waals surface area (Å²) in [7, 11) is 17.9. The zero-order valence-corrected chi connectivity index (χ0v) is 54.0. The van der Waals surface area contributed by atoms with Crippen LogP contribution in [0.25, 0.3) is 259 Å². The Hall–Kier alpha value is -11.2. The maximum absolute atomic E-state index is 2.68. The molecule has 0 radical (unpaired) electrons. The Morgan fingerprint density at radius 2 is 0.235 bits per heavy atom. The zero-order valence-electron chi connectivity index (χ0n) is 54.0. The fourth-order valence-electron chi connectivity index (χ4n) is 32.7. The van der Waals surface area contributed by atoms with Crippen LogP contribution < -0.4 is 19.6 Å². The Kier molecular flexibility index (Phi) is 4.45. The van der Waals surface area contributed by atoms with Gasteiger partial charge in [-0.05, 0) is 374 Å². The number of benzene rings is 20. The van der Waals surface area contributed by atoms with Gasteiger partial charge in [0, 0.05) is 79.1 Å². The van der Waals surface area contributed by atoms with Crippen molar-refractivity contribution in [3.63, 3.8) is 0 Å². The van der Waals surface area contributed by atoms with Crippen LogP contribution in [-0.4, -0.2) is 56.4 Å². The van der Waals surface area contributed by atoms with E-state index < -0.39 is 32.5 Å². The van der Waals surface area contributed by atoms with Gasteiger partial charge in [-0.25, -0.2) is 0 Å². The summed E-state index contributed by atoms with van der Waals surface area (Å²) in [6, 6.07) is 41.6. The fourth-order valence-corrected chi connectivity index (χ4v) is 32.7. The minimum Gasteiger partial charge on any atom is -0.378 e. The van der Waals surface area contributed by atoms with Crippen LogP contribution in [-0.2, 0) is 32.5 Å². The zero-order chi connectivity index (χ0) is 61.6. The fraction of sp³-hybridized carbons (Fsp3) is 0.149. The van der Waals surface area contributed by atoms with Gasteiger partial charge >= 0.3 is 0 Å². The molecule has 10 aliphatic carbocycles. The third-order valence-corrected chi connectivity index (χ3v) is 33.5. The summed E-state index contributed by atoms with van der Waals surface area (Å²) in [6.07, 6.45) is 0. The number of anilines is 4. The van der Waals surface area contributed by atoms with Crippen LogP contribution >= 0.6 is 0 Å². The van der Waals surface area contributed by atoms with Crippen LogP contribution in [0.1, 0.15) is 66.8 Å². The Labute approximate surface area is 550 Å². The van der Waals surface area contributed by atoms with Crippen molar-refractivity contribution in [2.45, 2.75) is 32.5 Å². The molecule has 0 aliphatic heterocycles. The number of hydrogen-bond acceptors (Lipinski definition) is 4. The molecule has 28 aromatic rings. The SMILES string of the molecule is CN(C)c1ccc(C2(c3ccc(N(C)C)cc3)C34c5c6c7c8c9c%10c%11c%12c%13c%14c%15c%16c(c7c7c5c5c%17c%18c%19c(c%20c%21c3c6c9c3c%21c6c%20c9c%19c%19c%20c%18c%18c5c7c%16c5c%15c7c%13c%13c%15c%12c(c%103)c6c%15c9c%19c%13c7c%20c5%18)C%1724)C82C(c3ccc(N(C)C)cc3)(c3ccc(N(C)C)cc3)C%11%142)cc1. The molecule has 4 atom stereocenters. The van der Waals surface area contributed by atoms with Gasteiger partial charge < -0.3 is 19.6 Å². The second-order valence-corrected chi connectivity index (χ2v) is 35.3. The lowest BCUT2D eigenvalue weighted by Crippen LogP contribution is -2.27. The predicted octanol–water partition coefficient (Wildman–Crippen LogP) is 21.1. The van der Waals surface area contributed by atoms with E-state index in [9.17, 15) is 0 Å². The van der Waals surface area contributed by atoms with Crippen molar-refractivity contribution in [3.8, 4) is 0 Å². The third-order valence-electron chi connectivity index (χ3n) is 33.5.